The van der Waals surface area contributed by atoms with Crippen LogP contribution < -0.4 is 10.1 Å². The molecular weight excluding hydrogens is 202 g/mol. The lowest BCUT2D eigenvalue weighted by atomic mass is 10.3. The number of nitrogens with one attached hydrogen (secondary N) is 1. The molecule has 0 unspecified atom stereocenters. The first kappa shape index (κ1) is 12.7. The van der Waals surface area contributed by atoms with Crippen molar-refractivity contribution in [3.63, 3.8) is 0 Å². The Morgan fingerprint density at radius 2 is 2.06 bits per heavy atom. The molecule has 0 amide bonds. The number of hydrogen-bond acceptors (Lipinski definition) is 4. The Balaban J connectivity index is 2.35. The van der Waals surface area contributed by atoms with Crippen molar-refractivity contribution in [2.75, 3.05) is 18.5 Å². The van der Waals surface area contributed by atoms with Crippen LogP contribution in [0.25, 0.3) is 0 Å². The summed E-state index contributed by atoms with van der Waals surface area (Å²) >= 11 is 0. The van der Waals surface area contributed by atoms with Crippen LogP contribution in [0, 0.1) is 0 Å². The van der Waals surface area contributed by atoms with Crippen molar-refractivity contribution >= 4 is 5.82 Å². The fourth-order valence-corrected chi connectivity index (χ4v) is 1.28. The quantitative estimate of drug-likeness (QED) is 0.688. The number of rotatable bonds is 8. The summed E-state index contributed by atoms with van der Waals surface area (Å²) in [5.41, 5.74) is 0. The van der Waals surface area contributed by atoms with E-state index >= 15 is 0 Å². The number of hydrogen-bond donors (Lipinski definition) is 1. The van der Waals surface area contributed by atoms with Crippen molar-refractivity contribution in [3.8, 4) is 5.88 Å². The zero-order chi connectivity index (χ0) is 11.6. The van der Waals surface area contributed by atoms with Gasteiger partial charge in [-0.2, -0.15) is 4.98 Å². The Bertz CT molecular complexity index is 291. The van der Waals surface area contributed by atoms with E-state index in [1.807, 2.05) is 0 Å². The van der Waals surface area contributed by atoms with Gasteiger partial charge in [0.1, 0.15) is 5.82 Å². The number of nitrogens with zero attached hydrogens (tertiary/aromatic N) is 2. The van der Waals surface area contributed by atoms with Gasteiger partial charge in [0, 0.05) is 6.54 Å². The zero-order valence-electron chi connectivity index (χ0n) is 10.2. The van der Waals surface area contributed by atoms with Crippen molar-refractivity contribution in [2.45, 2.75) is 39.5 Å². The van der Waals surface area contributed by atoms with E-state index in [9.17, 15) is 0 Å². The third kappa shape index (κ3) is 4.96. The van der Waals surface area contributed by atoms with Gasteiger partial charge in [0.15, 0.2) is 0 Å². The Kier molecular flexibility index (Phi) is 6.30. The average molecular weight is 223 g/mol. The maximum Gasteiger partial charge on any atom is 0.234 e. The highest BCUT2D eigenvalue weighted by molar-refractivity contribution is 5.32. The van der Waals surface area contributed by atoms with Gasteiger partial charge in [-0.25, -0.2) is 0 Å². The summed E-state index contributed by atoms with van der Waals surface area (Å²) in [5, 5.41) is 3.18. The smallest absolute Gasteiger partial charge is 0.234 e. The Morgan fingerprint density at radius 3 is 2.81 bits per heavy atom. The van der Waals surface area contributed by atoms with Gasteiger partial charge >= 0.3 is 0 Å². The van der Waals surface area contributed by atoms with Gasteiger partial charge in [0.2, 0.25) is 5.88 Å². The molecule has 16 heavy (non-hydrogen) atoms. The first-order chi connectivity index (χ1) is 7.86. The van der Waals surface area contributed by atoms with Gasteiger partial charge in [-0.15, -0.1) is 0 Å². The topological polar surface area (TPSA) is 47.0 Å². The second-order valence-corrected chi connectivity index (χ2v) is 3.72. The lowest BCUT2D eigenvalue weighted by Crippen LogP contribution is -2.05. The summed E-state index contributed by atoms with van der Waals surface area (Å²) in [6.45, 7) is 5.92. The molecule has 0 saturated heterocycles. The molecule has 1 heterocycles. The molecule has 1 rings (SSSR count). The first-order valence-electron chi connectivity index (χ1n) is 6.05. The molecule has 0 saturated carbocycles. The van der Waals surface area contributed by atoms with E-state index < -0.39 is 0 Å². The van der Waals surface area contributed by atoms with E-state index in [0.29, 0.717) is 5.88 Å². The van der Waals surface area contributed by atoms with Crippen LogP contribution >= 0.6 is 0 Å². The van der Waals surface area contributed by atoms with E-state index in [0.717, 1.165) is 31.8 Å². The zero-order valence-corrected chi connectivity index (χ0v) is 10.2. The van der Waals surface area contributed by atoms with Crippen molar-refractivity contribution in [1.29, 1.82) is 0 Å². The molecule has 0 aliphatic carbocycles. The van der Waals surface area contributed by atoms with E-state index in [2.05, 4.69) is 29.1 Å². The van der Waals surface area contributed by atoms with Gasteiger partial charge in [-0.1, -0.05) is 26.7 Å². The molecular formula is C12H21N3O. The summed E-state index contributed by atoms with van der Waals surface area (Å²) in [5.74, 6) is 1.40. The third-order valence-corrected chi connectivity index (χ3v) is 2.17. The average Bonchev–Trinajstić information content (AvgIpc) is 2.33. The van der Waals surface area contributed by atoms with Crippen LogP contribution in [0.1, 0.15) is 39.5 Å². The second-order valence-electron chi connectivity index (χ2n) is 3.72. The Morgan fingerprint density at radius 1 is 1.19 bits per heavy atom. The lowest BCUT2D eigenvalue weighted by molar-refractivity contribution is 0.294. The molecule has 1 aromatic rings. The minimum absolute atomic E-state index is 0.609. The minimum atomic E-state index is 0.609. The van der Waals surface area contributed by atoms with Crippen LogP contribution in [-0.4, -0.2) is 23.1 Å². The van der Waals surface area contributed by atoms with Crippen LogP contribution in [0.4, 0.5) is 5.82 Å². The van der Waals surface area contributed by atoms with Crippen molar-refractivity contribution in [1.82, 2.24) is 9.97 Å². The maximum atomic E-state index is 5.52. The molecule has 1 aromatic heterocycles. The van der Waals surface area contributed by atoms with E-state index in [-0.39, 0.29) is 0 Å². The summed E-state index contributed by atoms with van der Waals surface area (Å²) in [7, 11) is 0. The number of aromatic nitrogens is 2. The highest BCUT2D eigenvalue weighted by Gasteiger charge is 1.98. The SMILES string of the molecule is CCCCCOc1cncc(NCCC)n1. The normalized spacial score (nSPS) is 10.1. The van der Waals surface area contributed by atoms with Gasteiger partial charge < -0.3 is 10.1 Å². The van der Waals surface area contributed by atoms with Crippen LogP contribution in [-0.2, 0) is 0 Å². The molecule has 0 radical (unpaired) electrons. The number of ether oxygens (including phenoxy) is 1. The van der Waals surface area contributed by atoms with Gasteiger partial charge in [0.05, 0.1) is 19.0 Å². The molecule has 4 heteroatoms. The summed E-state index contributed by atoms with van der Waals surface area (Å²) in [6, 6.07) is 0. The maximum absolute atomic E-state index is 5.52. The summed E-state index contributed by atoms with van der Waals surface area (Å²) in [4.78, 5) is 8.40. The largest absolute Gasteiger partial charge is 0.477 e. The van der Waals surface area contributed by atoms with Crippen molar-refractivity contribution in [3.05, 3.63) is 12.4 Å². The monoisotopic (exact) mass is 223 g/mol. The van der Waals surface area contributed by atoms with Crippen LogP contribution in [0.15, 0.2) is 12.4 Å². The van der Waals surface area contributed by atoms with Gasteiger partial charge in [-0.05, 0) is 12.8 Å². The van der Waals surface area contributed by atoms with E-state index in [1.165, 1.54) is 12.8 Å². The van der Waals surface area contributed by atoms with Crippen molar-refractivity contribution < 1.29 is 4.74 Å². The summed E-state index contributed by atoms with van der Waals surface area (Å²) < 4.78 is 5.52. The Labute approximate surface area is 97.5 Å². The van der Waals surface area contributed by atoms with Crippen LogP contribution in [0.5, 0.6) is 5.88 Å². The highest BCUT2D eigenvalue weighted by atomic mass is 16.5. The van der Waals surface area contributed by atoms with Crippen LogP contribution in [0.2, 0.25) is 0 Å². The highest BCUT2D eigenvalue weighted by Crippen LogP contribution is 2.09. The molecule has 0 aliphatic rings. The fourth-order valence-electron chi connectivity index (χ4n) is 1.28. The molecule has 90 valence electrons. The third-order valence-electron chi connectivity index (χ3n) is 2.17. The number of unbranched alkanes of at least 4 members (excludes halogenated alkanes) is 2. The molecule has 4 nitrogen and oxygen atoms in total. The van der Waals surface area contributed by atoms with Crippen molar-refractivity contribution in [2.24, 2.45) is 0 Å². The molecule has 1 N–H and O–H groups in total. The van der Waals surface area contributed by atoms with E-state index in [4.69, 9.17) is 4.74 Å². The van der Waals surface area contributed by atoms with Gasteiger partial charge in [-0.3, -0.25) is 4.98 Å². The molecule has 0 aliphatic heterocycles. The summed E-state index contributed by atoms with van der Waals surface area (Å²) in [6.07, 6.45) is 7.92. The number of anilines is 1. The molecule has 0 atom stereocenters. The molecule has 0 aromatic carbocycles. The van der Waals surface area contributed by atoms with Gasteiger partial charge in [0.25, 0.3) is 0 Å². The first-order valence-corrected chi connectivity index (χ1v) is 6.05. The standard InChI is InChI=1S/C12H21N3O/c1-3-5-6-8-16-12-10-13-9-11(15-12)14-7-4-2/h9-10H,3-8H2,1-2H3,(H,14,15). The minimum Gasteiger partial charge on any atom is -0.477 e. The Hall–Kier alpha value is -1.32. The predicted molar refractivity (Wildman–Crippen MR) is 65.8 cm³/mol. The molecule has 0 spiro atoms. The molecule has 0 bridgehead atoms. The lowest BCUT2D eigenvalue weighted by Gasteiger charge is -2.07. The predicted octanol–water partition coefficient (Wildman–Crippen LogP) is 2.87. The second kappa shape index (κ2) is 7.91. The van der Waals surface area contributed by atoms with Crippen LogP contribution in [0.3, 0.4) is 0 Å². The fraction of sp³-hybridized carbons (Fsp3) is 0.667. The molecule has 0 fully saturated rings. The van der Waals surface area contributed by atoms with E-state index in [1.54, 1.807) is 12.4 Å².